The molecule has 0 aromatic rings. The molecule has 1 aliphatic carbocycles. The van der Waals surface area contributed by atoms with E-state index in [1.54, 1.807) is 13.8 Å². The molecule has 172 valence electrons. The predicted molar refractivity (Wildman–Crippen MR) is 119 cm³/mol. The van der Waals surface area contributed by atoms with Crippen molar-refractivity contribution in [1.82, 2.24) is 0 Å². The van der Waals surface area contributed by atoms with E-state index in [-0.39, 0.29) is 23.2 Å². The second-order valence-electron chi connectivity index (χ2n) is 9.52. The number of carbonyl (C=O) groups excluding carboxylic acids is 2. The summed E-state index contributed by atoms with van der Waals surface area (Å²) in [5.41, 5.74) is 1.43. The standard InChI is InChI=1S/C25H36O6/c1-13(2)23(27)29-19-11-15(5)10-18(31-25(8,9)14(3)4)12-16(6)21(26)22-20(19)17(7)24(28)30-22/h12,15,18-22,26H,1,3,7,10-11H2,2,4-6,8-9H3. The molecule has 6 heteroatoms. The molecular formula is C25H36O6. The Labute approximate surface area is 185 Å². The van der Waals surface area contributed by atoms with Gasteiger partial charge in [-0.25, -0.2) is 9.59 Å². The highest BCUT2D eigenvalue weighted by atomic mass is 16.6. The monoisotopic (exact) mass is 432 g/mol. The van der Waals surface area contributed by atoms with Crippen molar-refractivity contribution in [3.8, 4) is 0 Å². The molecule has 2 aliphatic rings. The van der Waals surface area contributed by atoms with Crippen molar-refractivity contribution in [3.63, 3.8) is 0 Å². The maximum atomic E-state index is 12.3. The van der Waals surface area contributed by atoms with E-state index < -0.39 is 41.8 Å². The third-order valence-electron chi connectivity index (χ3n) is 6.24. The first-order valence-electron chi connectivity index (χ1n) is 10.7. The summed E-state index contributed by atoms with van der Waals surface area (Å²) in [4.78, 5) is 24.7. The second kappa shape index (κ2) is 9.53. The van der Waals surface area contributed by atoms with Crippen LogP contribution >= 0.6 is 0 Å². The Morgan fingerprint density at radius 2 is 1.87 bits per heavy atom. The average molecular weight is 433 g/mol. The number of aliphatic hydroxyl groups is 1. The van der Waals surface area contributed by atoms with Crippen LogP contribution in [0.5, 0.6) is 0 Å². The highest BCUT2D eigenvalue weighted by Gasteiger charge is 2.49. The Morgan fingerprint density at radius 1 is 1.26 bits per heavy atom. The van der Waals surface area contributed by atoms with Gasteiger partial charge in [0.15, 0.2) is 0 Å². The van der Waals surface area contributed by atoms with E-state index in [1.165, 1.54) is 0 Å². The first-order valence-corrected chi connectivity index (χ1v) is 10.7. The minimum Gasteiger partial charge on any atom is -0.458 e. The van der Waals surface area contributed by atoms with Crippen molar-refractivity contribution in [1.29, 1.82) is 0 Å². The molecule has 1 aliphatic heterocycles. The van der Waals surface area contributed by atoms with Crippen LogP contribution in [0, 0.1) is 11.8 Å². The van der Waals surface area contributed by atoms with Crippen LogP contribution in [-0.2, 0) is 23.8 Å². The molecule has 0 aromatic carbocycles. The summed E-state index contributed by atoms with van der Waals surface area (Å²) >= 11 is 0. The lowest BCUT2D eigenvalue weighted by atomic mass is 9.80. The van der Waals surface area contributed by atoms with Crippen LogP contribution in [0.15, 0.2) is 48.1 Å². The molecule has 1 heterocycles. The average Bonchev–Trinajstić information content (AvgIpc) is 2.93. The van der Waals surface area contributed by atoms with E-state index in [0.29, 0.717) is 18.4 Å². The Balaban J connectivity index is 2.46. The quantitative estimate of drug-likeness (QED) is 0.401. The summed E-state index contributed by atoms with van der Waals surface area (Å²) < 4.78 is 17.5. The Morgan fingerprint density at radius 3 is 2.42 bits per heavy atom. The van der Waals surface area contributed by atoms with Gasteiger partial charge in [0.2, 0.25) is 0 Å². The third kappa shape index (κ3) is 5.74. The van der Waals surface area contributed by atoms with Gasteiger partial charge in [0, 0.05) is 11.1 Å². The molecule has 6 unspecified atom stereocenters. The zero-order valence-electron chi connectivity index (χ0n) is 19.6. The second-order valence-corrected chi connectivity index (χ2v) is 9.52. The number of rotatable bonds is 5. The van der Waals surface area contributed by atoms with Gasteiger partial charge in [-0.15, -0.1) is 0 Å². The van der Waals surface area contributed by atoms with Crippen molar-refractivity contribution < 1.29 is 28.9 Å². The van der Waals surface area contributed by atoms with Gasteiger partial charge in [-0.2, -0.15) is 0 Å². The fraction of sp³-hybridized carbons (Fsp3) is 0.600. The number of aliphatic hydroxyl groups excluding tert-OH is 1. The fourth-order valence-electron chi connectivity index (χ4n) is 3.98. The topological polar surface area (TPSA) is 82.1 Å². The molecule has 31 heavy (non-hydrogen) atoms. The zero-order chi connectivity index (χ0) is 23.7. The molecule has 0 radical (unpaired) electrons. The van der Waals surface area contributed by atoms with Crippen molar-refractivity contribution >= 4 is 11.9 Å². The Kier molecular flexibility index (Phi) is 7.71. The fourth-order valence-corrected chi connectivity index (χ4v) is 3.98. The highest BCUT2D eigenvalue weighted by Crippen LogP contribution is 2.39. The predicted octanol–water partition coefficient (Wildman–Crippen LogP) is 4.05. The number of esters is 2. The summed E-state index contributed by atoms with van der Waals surface area (Å²) in [7, 11) is 0. The van der Waals surface area contributed by atoms with Crippen LogP contribution in [0.3, 0.4) is 0 Å². The molecule has 0 saturated carbocycles. The molecule has 2 rings (SSSR count). The molecule has 1 fully saturated rings. The van der Waals surface area contributed by atoms with Gasteiger partial charge in [0.25, 0.3) is 0 Å². The van der Waals surface area contributed by atoms with Crippen LogP contribution in [0.1, 0.15) is 54.4 Å². The van der Waals surface area contributed by atoms with E-state index in [9.17, 15) is 14.7 Å². The summed E-state index contributed by atoms with van der Waals surface area (Å²) in [5, 5.41) is 11.0. The van der Waals surface area contributed by atoms with Crippen molar-refractivity contribution in [2.75, 3.05) is 0 Å². The third-order valence-corrected chi connectivity index (χ3v) is 6.24. The van der Waals surface area contributed by atoms with Crippen LogP contribution in [0.4, 0.5) is 0 Å². The van der Waals surface area contributed by atoms with Gasteiger partial charge in [-0.3, -0.25) is 0 Å². The number of hydrogen-bond acceptors (Lipinski definition) is 6. The van der Waals surface area contributed by atoms with Gasteiger partial charge < -0.3 is 19.3 Å². The maximum Gasteiger partial charge on any atom is 0.334 e. The lowest BCUT2D eigenvalue weighted by Crippen LogP contribution is -2.42. The largest absolute Gasteiger partial charge is 0.458 e. The molecule has 1 N–H and O–H groups in total. The Bertz CT molecular complexity index is 805. The van der Waals surface area contributed by atoms with Crippen molar-refractivity contribution in [3.05, 3.63) is 48.1 Å². The van der Waals surface area contributed by atoms with Crippen LogP contribution in [0.2, 0.25) is 0 Å². The number of hydrogen-bond donors (Lipinski definition) is 1. The van der Waals surface area contributed by atoms with Gasteiger partial charge in [0.05, 0.1) is 17.6 Å². The smallest absolute Gasteiger partial charge is 0.334 e. The minimum absolute atomic E-state index is 0.0808. The van der Waals surface area contributed by atoms with E-state index in [4.69, 9.17) is 14.2 Å². The molecular weight excluding hydrogens is 396 g/mol. The van der Waals surface area contributed by atoms with Gasteiger partial charge in [-0.05, 0) is 64.5 Å². The first kappa shape index (κ1) is 25.1. The number of carbonyl (C=O) groups is 2. The van der Waals surface area contributed by atoms with Crippen LogP contribution in [0.25, 0.3) is 0 Å². The lowest BCUT2D eigenvalue weighted by molar-refractivity contribution is -0.152. The molecule has 0 bridgehead atoms. The van der Waals surface area contributed by atoms with Gasteiger partial charge in [-0.1, -0.05) is 32.7 Å². The van der Waals surface area contributed by atoms with Crippen LogP contribution < -0.4 is 0 Å². The van der Waals surface area contributed by atoms with Crippen molar-refractivity contribution in [2.24, 2.45) is 11.8 Å². The maximum absolute atomic E-state index is 12.3. The molecule has 0 amide bonds. The highest BCUT2D eigenvalue weighted by molar-refractivity contribution is 5.91. The lowest BCUT2D eigenvalue weighted by Gasteiger charge is -2.36. The van der Waals surface area contributed by atoms with Crippen molar-refractivity contribution in [2.45, 2.75) is 84.4 Å². The van der Waals surface area contributed by atoms with E-state index in [0.717, 1.165) is 5.57 Å². The van der Waals surface area contributed by atoms with E-state index in [1.807, 2.05) is 33.8 Å². The molecule has 0 spiro atoms. The van der Waals surface area contributed by atoms with E-state index >= 15 is 0 Å². The summed E-state index contributed by atoms with van der Waals surface area (Å²) in [6, 6.07) is 0. The molecule has 1 saturated heterocycles. The van der Waals surface area contributed by atoms with Gasteiger partial charge >= 0.3 is 11.9 Å². The SMILES string of the molecule is C=C(C)C(=O)OC1CC(C)CC(OC(C)(C)C(=C)C)C=C(C)C(O)C2OC(=O)C(=C)C12. The van der Waals surface area contributed by atoms with E-state index in [2.05, 4.69) is 19.7 Å². The summed E-state index contributed by atoms with van der Waals surface area (Å²) in [5.74, 6) is -1.68. The first-order chi connectivity index (χ1) is 14.2. The number of ether oxygens (including phenoxy) is 3. The number of fused-ring (bicyclic) bond motifs is 1. The molecule has 6 nitrogen and oxygen atoms in total. The molecule has 0 aromatic heterocycles. The Hall–Kier alpha value is -2.18. The zero-order valence-corrected chi connectivity index (χ0v) is 19.6. The molecule has 6 atom stereocenters. The summed E-state index contributed by atoms with van der Waals surface area (Å²) in [6.07, 6.45) is 0.0386. The normalized spacial score (nSPS) is 31.9. The minimum atomic E-state index is -1.08. The van der Waals surface area contributed by atoms with Gasteiger partial charge in [0.1, 0.15) is 18.3 Å². The van der Waals surface area contributed by atoms with Crippen LogP contribution in [-0.4, -0.2) is 47.1 Å². The summed E-state index contributed by atoms with van der Waals surface area (Å²) in [6.45, 7) is 22.7.